The van der Waals surface area contributed by atoms with E-state index in [0.717, 1.165) is 24.8 Å². The van der Waals surface area contributed by atoms with Crippen LogP contribution in [0.2, 0.25) is 5.15 Å². The molecule has 0 spiro atoms. The number of aromatic nitrogens is 2. The highest BCUT2D eigenvalue weighted by Crippen LogP contribution is 2.48. The number of unbranched alkanes of at least 4 members (excludes halogenated alkanes) is 2. The van der Waals surface area contributed by atoms with Gasteiger partial charge in [-0.25, -0.2) is 0 Å². The SMILES string of the molecule is CCOP(=O)(CCCCCc1c(Cl)nc(OC)nc1OC)OCC. The van der Waals surface area contributed by atoms with Gasteiger partial charge in [-0.05, 0) is 33.1 Å². The molecule has 9 heteroatoms. The third kappa shape index (κ3) is 6.55. The maximum atomic E-state index is 12.4. The molecule has 7 nitrogen and oxygen atoms in total. The molecule has 138 valence electrons. The van der Waals surface area contributed by atoms with E-state index >= 15 is 0 Å². The lowest BCUT2D eigenvalue weighted by molar-refractivity contribution is 0.219. The Labute approximate surface area is 148 Å². The van der Waals surface area contributed by atoms with Crippen molar-refractivity contribution < 1.29 is 23.1 Å². The molecule has 0 atom stereocenters. The second-order valence-electron chi connectivity index (χ2n) is 4.97. The largest absolute Gasteiger partial charge is 0.481 e. The molecule has 1 aromatic rings. The lowest BCUT2D eigenvalue weighted by Crippen LogP contribution is -2.03. The average molecular weight is 381 g/mol. The van der Waals surface area contributed by atoms with Crippen molar-refractivity contribution in [2.45, 2.75) is 39.5 Å². The Kier molecular flexibility index (Phi) is 9.59. The zero-order chi connectivity index (χ0) is 18.0. The Balaban J connectivity index is 2.52. The molecular formula is C15H26ClN2O5P. The normalized spacial score (nSPS) is 11.5. The van der Waals surface area contributed by atoms with Gasteiger partial charge in [-0.15, -0.1) is 0 Å². The molecule has 0 unspecified atom stereocenters. The predicted octanol–water partition coefficient (Wildman–Crippen LogP) is 4.13. The van der Waals surface area contributed by atoms with Crippen molar-refractivity contribution in [1.29, 1.82) is 0 Å². The maximum absolute atomic E-state index is 12.4. The molecule has 24 heavy (non-hydrogen) atoms. The van der Waals surface area contributed by atoms with Gasteiger partial charge in [0.05, 0.1) is 39.2 Å². The van der Waals surface area contributed by atoms with E-state index in [1.807, 2.05) is 13.8 Å². The van der Waals surface area contributed by atoms with Crippen LogP contribution >= 0.6 is 19.2 Å². The Bertz CT molecular complexity index is 549. The average Bonchev–Trinajstić information content (AvgIpc) is 2.55. The second-order valence-corrected chi connectivity index (χ2v) is 7.51. The maximum Gasteiger partial charge on any atom is 0.330 e. The highest BCUT2D eigenvalue weighted by Gasteiger charge is 2.22. The van der Waals surface area contributed by atoms with Crippen molar-refractivity contribution in [1.82, 2.24) is 9.97 Å². The van der Waals surface area contributed by atoms with Gasteiger partial charge < -0.3 is 18.5 Å². The highest BCUT2D eigenvalue weighted by atomic mass is 35.5. The van der Waals surface area contributed by atoms with Gasteiger partial charge in [0.2, 0.25) is 5.88 Å². The van der Waals surface area contributed by atoms with Crippen LogP contribution in [-0.2, 0) is 20.0 Å². The van der Waals surface area contributed by atoms with Gasteiger partial charge in [0.15, 0.2) is 0 Å². The smallest absolute Gasteiger partial charge is 0.330 e. The number of hydrogen-bond acceptors (Lipinski definition) is 7. The van der Waals surface area contributed by atoms with E-state index in [-0.39, 0.29) is 6.01 Å². The van der Waals surface area contributed by atoms with Crippen LogP contribution in [0, 0.1) is 0 Å². The molecule has 0 saturated heterocycles. The molecule has 0 aliphatic heterocycles. The van der Waals surface area contributed by atoms with Crippen molar-refractivity contribution >= 4 is 19.2 Å². The molecule has 0 aliphatic carbocycles. The molecule has 0 radical (unpaired) electrons. The quantitative estimate of drug-likeness (QED) is 0.306. The highest BCUT2D eigenvalue weighted by molar-refractivity contribution is 7.53. The van der Waals surface area contributed by atoms with Crippen molar-refractivity contribution in [2.24, 2.45) is 0 Å². The number of rotatable bonds is 12. The first-order valence-corrected chi connectivity index (χ1v) is 10.1. The number of halogens is 1. The molecule has 0 aliphatic rings. The molecule has 0 amide bonds. The Morgan fingerprint density at radius 3 is 2.21 bits per heavy atom. The summed E-state index contributed by atoms with van der Waals surface area (Å²) in [5.74, 6) is 0.418. The molecular weight excluding hydrogens is 355 g/mol. The van der Waals surface area contributed by atoms with Gasteiger partial charge in [-0.2, -0.15) is 9.97 Å². The summed E-state index contributed by atoms with van der Waals surface area (Å²) >= 11 is 6.16. The van der Waals surface area contributed by atoms with Gasteiger partial charge in [0.1, 0.15) is 5.15 Å². The third-order valence-electron chi connectivity index (χ3n) is 3.28. The predicted molar refractivity (Wildman–Crippen MR) is 93.4 cm³/mol. The first kappa shape index (κ1) is 21.2. The number of ether oxygens (including phenoxy) is 2. The van der Waals surface area contributed by atoms with Crippen LogP contribution in [-0.4, -0.2) is 43.6 Å². The van der Waals surface area contributed by atoms with E-state index in [0.29, 0.717) is 36.8 Å². The van der Waals surface area contributed by atoms with Gasteiger partial charge in [0.25, 0.3) is 0 Å². The van der Waals surface area contributed by atoms with Crippen molar-refractivity contribution in [3.8, 4) is 11.9 Å². The van der Waals surface area contributed by atoms with Crippen LogP contribution in [0.15, 0.2) is 0 Å². The zero-order valence-corrected chi connectivity index (χ0v) is 16.4. The van der Waals surface area contributed by atoms with Gasteiger partial charge in [-0.3, -0.25) is 4.57 Å². The Morgan fingerprint density at radius 1 is 1.00 bits per heavy atom. The molecule has 1 rings (SSSR count). The summed E-state index contributed by atoms with van der Waals surface area (Å²) in [6.45, 7) is 4.38. The monoisotopic (exact) mass is 380 g/mol. The minimum atomic E-state index is -2.96. The van der Waals surface area contributed by atoms with Gasteiger partial charge >= 0.3 is 13.6 Å². The summed E-state index contributed by atoms with van der Waals surface area (Å²) in [5, 5.41) is 0.327. The number of nitrogens with zero attached hydrogens (tertiary/aromatic N) is 2. The van der Waals surface area contributed by atoms with E-state index in [1.165, 1.54) is 14.2 Å². The van der Waals surface area contributed by atoms with Gasteiger partial charge in [-0.1, -0.05) is 18.0 Å². The van der Waals surface area contributed by atoms with Crippen LogP contribution in [0.5, 0.6) is 11.9 Å². The van der Waals surface area contributed by atoms with E-state index in [4.69, 9.17) is 30.1 Å². The molecule has 0 fully saturated rings. The van der Waals surface area contributed by atoms with Crippen LogP contribution < -0.4 is 9.47 Å². The van der Waals surface area contributed by atoms with Gasteiger partial charge in [0, 0.05) is 0 Å². The minimum absolute atomic E-state index is 0.176. The minimum Gasteiger partial charge on any atom is -0.481 e. The molecule has 0 bridgehead atoms. The fourth-order valence-corrected chi connectivity index (χ4v) is 4.21. The van der Waals surface area contributed by atoms with Crippen LogP contribution in [0.25, 0.3) is 0 Å². The Hall–Kier alpha value is -0.880. The van der Waals surface area contributed by atoms with E-state index in [9.17, 15) is 4.57 Å². The third-order valence-corrected chi connectivity index (χ3v) is 5.76. The number of methoxy groups -OCH3 is 2. The van der Waals surface area contributed by atoms with Crippen LogP contribution in [0.4, 0.5) is 0 Å². The summed E-state index contributed by atoms with van der Waals surface area (Å²) < 4.78 is 33.1. The van der Waals surface area contributed by atoms with Crippen LogP contribution in [0.1, 0.15) is 38.7 Å². The summed E-state index contributed by atoms with van der Waals surface area (Å²) in [6, 6.07) is 0.176. The second kappa shape index (κ2) is 10.9. The van der Waals surface area contributed by atoms with Crippen molar-refractivity contribution in [2.75, 3.05) is 33.6 Å². The zero-order valence-electron chi connectivity index (χ0n) is 14.7. The topological polar surface area (TPSA) is 79.8 Å². The lowest BCUT2D eigenvalue weighted by Gasteiger charge is -2.16. The van der Waals surface area contributed by atoms with Crippen molar-refractivity contribution in [3.05, 3.63) is 10.7 Å². The van der Waals surface area contributed by atoms with E-state index in [1.54, 1.807) is 0 Å². The summed E-state index contributed by atoms with van der Waals surface area (Å²) in [4.78, 5) is 8.19. The van der Waals surface area contributed by atoms with E-state index in [2.05, 4.69) is 9.97 Å². The van der Waals surface area contributed by atoms with Crippen molar-refractivity contribution in [3.63, 3.8) is 0 Å². The number of hydrogen-bond donors (Lipinski definition) is 0. The fourth-order valence-electron chi connectivity index (χ4n) is 2.23. The first-order valence-electron chi connectivity index (χ1n) is 8.02. The van der Waals surface area contributed by atoms with Crippen LogP contribution in [0.3, 0.4) is 0 Å². The standard InChI is InChI=1S/C15H26ClN2O5P/c1-5-22-24(19,23-6-2)11-9-7-8-10-12-13(16)17-15(21-4)18-14(12)20-3/h5-11H2,1-4H3. The molecule has 0 saturated carbocycles. The summed E-state index contributed by atoms with van der Waals surface area (Å²) in [5.41, 5.74) is 0.748. The fraction of sp³-hybridized carbons (Fsp3) is 0.733. The summed E-state index contributed by atoms with van der Waals surface area (Å²) in [7, 11) is 0.0428. The lowest BCUT2D eigenvalue weighted by atomic mass is 10.1. The Morgan fingerprint density at radius 2 is 1.67 bits per heavy atom. The summed E-state index contributed by atoms with van der Waals surface area (Å²) in [6.07, 6.45) is 3.52. The first-order chi connectivity index (χ1) is 11.5. The molecule has 1 heterocycles. The molecule has 0 N–H and O–H groups in total. The van der Waals surface area contributed by atoms with E-state index < -0.39 is 7.60 Å². The molecule has 1 aromatic heterocycles. The molecule has 0 aromatic carbocycles.